The number of benzene rings is 1. The second-order valence-electron chi connectivity index (χ2n) is 9.15. The maximum Gasteiger partial charge on any atom is 0.333 e. The summed E-state index contributed by atoms with van der Waals surface area (Å²) in [6.45, 7) is 0.503. The molecule has 5 atom stereocenters. The fourth-order valence-electron chi connectivity index (χ4n) is 5.43. The lowest BCUT2D eigenvalue weighted by Crippen LogP contribution is -2.24. The van der Waals surface area contributed by atoms with Gasteiger partial charge in [0.1, 0.15) is 17.8 Å². The summed E-state index contributed by atoms with van der Waals surface area (Å²) in [5.74, 6) is 0.711. The Balaban J connectivity index is 1.39. The molecule has 1 fully saturated rings. The highest BCUT2D eigenvalue weighted by Crippen LogP contribution is 2.41. The van der Waals surface area contributed by atoms with E-state index >= 15 is 0 Å². The Morgan fingerprint density at radius 1 is 1.18 bits per heavy atom. The van der Waals surface area contributed by atoms with Crippen LogP contribution in [0.25, 0.3) is 11.0 Å². The fourth-order valence-corrected chi connectivity index (χ4v) is 5.80. The van der Waals surface area contributed by atoms with Crippen molar-refractivity contribution in [2.45, 2.75) is 37.5 Å². The Bertz CT molecular complexity index is 1280. The van der Waals surface area contributed by atoms with Crippen molar-refractivity contribution in [2.75, 3.05) is 25.6 Å². The number of anilines is 1. The number of aromatic nitrogens is 3. The van der Waals surface area contributed by atoms with Gasteiger partial charge in [0.25, 0.3) is 0 Å². The number of hydrogen-bond acceptors (Lipinski definition) is 8. The van der Waals surface area contributed by atoms with Crippen molar-refractivity contribution >= 4 is 27.2 Å². The summed E-state index contributed by atoms with van der Waals surface area (Å²) in [6.07, 6.45) is 4.77. The Labute approximate surface area is 198 Å². The van der Waals surface area contributed by atoms with Crippen molar-refractivity contribution in [3.05, 3.63) is 54.0 Å². The summed E-state index contributed by atoms with van der Waals surface area (Å²) in [5, 5.41) is 19.9. The molecule has 0 spiro atoms. The van der Waals surface area contributed by atoms with E-state index in [0.717, 1.165) is 23.3 Å². The predicted molar refractivity (Wildman–Crippen MR) is 126 cm³/mol. The van der Waals surface area contributed by atoms with Gasteiger partial charge >= 0.3 is 10.3 Å². The molecule has 2 aliphatic carbocycles. The molecule has 10 nitrogen and oxygen atoms in total. The highest BCUT2D eigenvalue weighted by molar-refractivity contribution is 7.84. The first-order valence-corrected chi connectivity index (χ1v) is 12.8. The van der Waals surface area contributed by atoms with Crippen molar-refractivity contribution in [3.63, 3.8) is 0 Å². The third-order valence-electron chi connectivity index (χ3n) is 7.00. The molecule has 0 aliphatic heterocycles. The van der Waals surface area contributed by atoms with Crippen LogP contribution in [0.5, 0.6) is 0 Å². The van der Waals surface area contributed by atoms with Crippen LogP contribution in [0.15, 0.2) is 42.9 Å². The summed E-state index contributed by atoms with van der Waals surface area (Å²) >= 11 is 0. The van der Waals surface area contributed by atoms with E-state index in [1.165, 1.54) is 11.1 Å². The van der Waals surface area contributed by atoms with Gasteiger partial charge in [-0.25, -0.2) is 15.1 Å². The van der Waals surface area contributed by atoms with Crippen LogP contribution in [0, 0.1) is 11.8 Å². The first kappa shape index (κ1) is 23.2. The maximum atomic E-state index is 11.1. The van der Waals surface area contributed by atoms with Gasteiger partial charge in [0.2, 0.25) is 0 Å². The number of methoxy groups -OCH3 is 1. The van der Waals surface area contributed by atoms with E-state index in [4.69, 9.17) is 14.1 Å². The summed E-state index contributed by atoms with van der Waals surface area (Å²) in [4.78, 5) is 9.05. The highest BCUT2D eigenvalue weighted by Gasteiger charge is 2.36. The molecule has 1 saturated carbocycles. The first-order valence-electron chi connectivity index (χ1n) is 11.3. The van der Waals surface area contributed by atoms with Crippen LogP contribution in [-0.2, 0) is 25.6 Å². The van der Waals surface area contributed by atoms with Crippen molar-refractivity contribution in [3.8, 4) is 0 Å². The Morgan fingerprint density at radius 3 is 2.79 bits per heavy atom. The predicted octanol–water partition coefficient (Wildman–Crippen LogP) is 1.94. The van der Waals surface area contributed by atoms with Crippen LogP contribution in [0.1, 0.15) is 36.1 Å². The molecule has 1 aromatic carbocycles. The summed E-state index contributed by atoms with van der Waals surface area (Å²) in [7, 11) is -2.32. The second kappa shape index (κ2) is 9.23. The molecule has 11 heteroatoms. The Kier molecular flexibility index (Phi) is 6.30. The van der Waals surface area contributed by atoms with Gasteiger partial charge < -0.3 is 19.7 Å². The quantitative estimate of drug-likeness (QED) is 0.438. The molecule has 2 heterocycles. The average molecular weight is 488 g/mol. The molecule has 4 N–H and O–H groups in total. The van der Waals surface area contributed by atoms with Gasteiger partial charge in [-0.2, -0.15) is 8.42 Å². The number of aliphatic hydroxyl groups is 1. The van der Waals surface area contributed by atoms with E-state index in [0.29, 0.717) is 25.4 Å². The van der Waals surface area contributed by atoms with Crippen molar-refractivity contribution < 1.29 is 22.4 Å². The third kappa shape index (κ3) is 4.53. The lowest BCUT2D eigenvalue weighted by atomic mass is 10.0. The van der Waals surface area contributed by atoms with Gasteiger partial charge in [0.05, 0.1) is 30.7 Å². The minimum Gasteiger partial charge on any atom is -0.393 e. The molecule has 3 aromatic rings. The minimum absolute atomic E-state index is 0.0437. The molecule has 0 bridgehead atoms. The number of aliphatic hydroxyl groups excluding tert-OH is 1. The van der Waals surface area contributed by atoms with Crippen LogP contribution < -0.4 is 10.5 Å². The van der Waals surface area contributed by atoms with E-state index < -0.39 is 16.4 Å². The molecule has 182 valence electrons. The third-order valence-corrected chi connectivity index (χ3v) is 7.46. The van der Waals surface area contributed by atoms with E-state index in [1.54, 1.807) is 13.4 Å². The molecule has 0 saturated heterocycles. The van der Waals surface area contributed by atoms with Crippen molar-refractivity contribution in [1.29, 1.82) is 0 Å². The van der Waals surface area contributed by atoms with E-state index in [9.17, 15) is 13.5 Å². The van der Waals surface area contributed by atoms with Gasteiger partial charge in [-0.05, 0) is 36.5 Å². The van der Waals surface area contributed by atoms with Crippen LogP contribution in [0.4, 0.5) is 5.82 Å². The number of nitrogens with two attached hydrogens (primary N) is 1. The van der Waals surface area contributed by atoms with Crippen molar-refractivity contribution in [1.82, 2.24) is 14.5 Å². The fraction of sp³-hybridized carbons (Fsp3) is 0.478. The molecular formula is C23H29N5O5S. The summed E-state index contributed by atoms with van der Waals surface area (Å²) in [6, 6.07) is 10.4. The molecule has 0 amide bonds. The molecule has 34 heavy (non-hydrogen) atoms. The number of nitrogens with zero attached hydrogens (tertiary/aromatic N) is 3. The highest BCUT2D eigenvalue weighted by atomic mass is 32.2. The van der Waals surface area contributed by atoms with E-state index in [-0.39, 0.29) is 24.6 Å². The number of fused-ring (bicyclic) bond motifs is 2. The number of ether oxygens (including phenoxy) is 1. The molecular weight excluding hydrogens is 458 g/mol. The normalized spacial score (nSPS) is 26.7. The minimum atomic E-state index is -4.04. The number of nitrogens with one attached hydrogen (secondary N) is 1. The Hall–Kier alpha value is -2.57. The van der Waals surface area contributed by atoms with E-state index in [1.807, 2.05) is 16.8 Å². The zero-order valence-corrected chi connectivity index (χ0v) is 19.7. The van der Waals surface area contributed by atoms with Gasteiger partial charge in [-0.3, -0.25) is 4.18 Å². The summed E-state index contributed by atoms with van der Waals surface area (Å²) < 4.78 is 34.5. The smallest absolute Gasteiger partial charge is 0.333 e. The van der Waals surface area contributed by atoms with E-state index in [2.05, 4.69) is 39.6 Å². The van der Waals surface area contributed by atoms with Gasteiger partial charge in [0, 0.05) is 31.2 Å². The number of hydrogen-bond donors (Lipinski definition) is 3. The molecule has 1 unspecified atom stereocenters. The van der Waals surface area contributed by atoms with Crippen LogP contribution in [-0.4, -0.2) is 54.5 Å². The molecule has 2 aliphatic rings. The topological polar surface area (TPSA) is 142 Å². The molecule has 5 rings (SSSR count). The lowest BCUT2D eigenvalue weighted by molar-refractivity contribution is 0.100. The average Bonchev–Trinajstić information content (AvgIpc) is 3.48. The Morgan fingerprint density at radius 2 is 2.00 bits per heavy atom. The molecule has 0 radical (unpaired) electrons. The first-order chi connectivity index (χ1) is 16.3. The van der Waals surface area contributed by atoms with Gasteiger partial charge in [-0.15, -0.1) is 0 Å². The second-order valence-corrected chi connectivity index (χ2v) is 10.4. The van der Waals surface area contributed by atoms with Crippen LogP contribution >= 0.6 is 0 Å². The van der Waals surface area contributed by atoms with Gasteiger partial charge in [-0.1, -0.05) is 24.3 Å². The zero-order valence-electron chi connectivity index (χ0n) is 18.9. The molecule has 2 aromatic heterocycles. The zero-order chi connectivity index (χ0) is 23.9. The lowest BCUT2D eigenvalue weighted by Gasteiger charge is -2.22. The summed E-state index contributed by atoms with van der Waals surface area (Å²) in [5.41, 5.74) is 3.34. The SMILES string of the molecule is COC[C@@H]1Cc2ccccc2[C@@H]1Nc1ncnc2c1ccn2C1C[C@@H](COS(N)(=O)=O)[C@@H](O)C1. The standard InChI is InChI=1S/C23H29N5O5S/c1-32-11-16-8-14-4-2-3-5-18(14)21(16)27-22-19-6-7-28(23(19)26-13-25-22)17-9-15(20(29)10-17)12-33-34(24,30)31/h2-7,13,15-17,20-21,29H,8-12H2,1H3,(H2,24,30,31)(H,25,26,27)/t15-,16-,17?,20-,21+/m0/s1. The van der Waals surface area contributed by atoms with Crippen molar-refractivity contribution in [2.24, 2.45) is 17.0 Å². The maximum absolute atomic E-state index is 11.1. The van der Waals surface area contributed by atoms with Crippen LogP contribution in [0.2, 0.25) is 0 Å². The number of rotatable bonds is 8. The monoisotopic (exact) mass is 487 g/mol. The van der Waals surface area contributed by atoms with Gasteiger partial charge in [0.15, 0.2) is 0 Å². The van der Waals surface area contributed by atoms with Crippen LogP contribution in [0.3, 0.4) is 0 Å². The largest absolute Gasteiger partial charge is 0.393 e.